The summed E-state index contributed by atoms with van der Waals surface area (Å²) in [6.45, 7) is 0. The summed E-state index contributed by atoms with van der Waals surface area (Å²) in [5.41, 5.74) is 8.89. The molecule has 1 spiro atoms. The average Bonchev–Trinajstić information content (AvgIpc) is 3.39. The second kappa shape index (κ2) is 8.01. The van der Waals surface area contributed by atoms with Crippen LogP contribution in [0.2, 0.25) is 0 Å². The fraction of sp³-hybridized carbons (Fsp3) is 0.333. The third kappa shape index (κ3) is 3.26. The fourth-order valence-electron chi connectivity index (χ4n) is 5.11. The summed E-state index contributed by atoms with van der Waals surface area (Å²) in [6, 6.07) is 16.2. The molecule has 9 heteroatoms. The molecule has 1 aromatic heterocycles. The van der Waals surface area contributed by atoms with Crippen LogP contribution >= 0.6 is 0 Å². The normalized spacial score (nSPS) is 20.8. The van der Waals surface area contributed by atoms with E-state index in [1.807, 2.05) is 86.5 Å². The maximum absolute atomic E-state index is 13.6. The molecule has 2 N–H and O–H groups in total. The molecule has 0 radical (unpaired) electrons. The van der Waals surface area contributed by atoms with Gasteiger partial charge in [-0.3, -0.25) is 0 Å². The molecule has 2 aromatic carbocycles. The second-order valence-electron chi connectivity index (χ2n) is 9.02. The van der Waals surface area contributed by atoms with Gasteiger partial charge in [-0.2, -0.15) is 0 Å². The molecule has 2 amide bonds. The van der Waals surface area contributed by atoms with Crippen LogP contribution in [-0.2, 0) is 16.0 Å². The Kier molecular flexibility index (Phi) is 5.26. The van der Waals surface area contributed by atoms with Crippen LogP contribution in [0, 0.1) is 5.41 Å². The number of amides is 2. The Labute approximate surface area is 198 Å². The predicted molar refractivity (Wildman–Crippen MR) is 128 cm³/mol. The van der Waals surface area contributed by atoms with Gasteiger partial charge >= 0.3 is 199 Å². The zero-order valence-electron chi connectivity index (χ0n) is 19.0. The van der Waals surface area contributed by atoms with Crippen molar-refractivity contribution < 1.29 is 9.59 Å². The first-order valence-electron chi connectivity index (χ1n) is 10.8. The van der Waals surface area contributed by atoms with Crippen molar-refractivity contribution in [3.63, 3.8) is 0 Å². The molecule has 2 atom stereocenters. The molecule has 2 aliphatic rings. The number of nitrogens with one attached hydrogen (secondary N) is 2. The number of nitrogens with zero attached hydrogens (tertiary/aromatic N) is 4. The predicted octanol–water partition coefficient (Wildman–Crippen LogP) is 1.28. The van der Waals surface area contributed by atoms with E-state index >= 15 is 0 Å². The molecule has 0 saturated carbocycles. The van der Waals surface area contributed by atoms with Gasteiger partial charge in [-0.05, 0) is 0 Å². The van der Waals surface area contributed by atoms with Crippen molar-refractivity contribution in [1.82, 2.24) is 20.0 Å². The molecule has 1 fully saturated rings. The maximum atomic E-state index is 13.6. The number of hydrogen-bond donors (Lipinski definition) is 2. The summed E-state index contributed by atoms with van der Waals surface area (Å²) in [5.74, 6) is -1.36. The molecule has 2 heterocycles. The van der Waals surface area contributed by atoms with Crippen molar-refractivity contribution in [2.75, 3.05) is 38.0 Å². The summed E-state index contributed by atoms with van der Waals surface area (Å²) in [6.07, 6.45) is 0.509. The van der Waals surface area contributed by atoms with E-state index in [1.165, 1.54) is 0 Å². The molecular formula is C24H26N6O2Se. The molecule has 170 valence electrons. The Balaban J connectivity index is 1.71. The van der Waals surface area contributed by atoms with Crippen LogP contribution in [0.15, 0.2) is 48.5 Å². The fourth-order valence-corrected chi connectivity index (χ4v) is 6.96. The molecule has 1 aliphatic carbocycles. The van der Waals surface area contributed by atoms with Crippen LogP contribution in [0.1, 0.15) is 33.1 Å². The topological polar surface area (TPSA) is 90.5 Å². The van der Waals surface area contributed by atoms with Gasteiger partial charge in [0, 0.05) is 0 Å². The SMILES string of the molecule is CN(C)c1ccc(C2Cc3nn[se]c3C(c3ccc(N(C)C)cc3)C23C(=O)NNC3=O)cc1. The Hall–Kier alpha value is -3.16. The van der Waals surface area contributed by atoms with Gasteiger partial charge < -0.3 is 0 Å². The average molecular weight is 509 g/mol. The number of benzene rings is 2. The van der Waals surface area contributed by atoms with Crippen molar-refractivity contribution in [2.45, 2.75) is 18.3 Å². The van der Waals surface area contributed by atoms with Crippen molar-refractivity contribution in [1.29, 1.82) is 0 Å². The van der Waals surface area contributed by atoms with Gasteiger partial charge in [0.2, 0.25) is 0 Å². The van der Waals surface area contributed by atoms with E-state index in [4.69, 9.17) is 0 Å². The van der Waals surface area contributed by atoms with E-state index in [9.17, 15) is 9.59 Å². The Morgan fingerprint density at radius 1 is 0.848 bits per heavy atom. The van der Waals surface area contributed by atoms with Crippen LogP contribution in [0.25, 0.3) is 0 Å². The monoisotopic (exact) mass is 510 g/mol. The van der Waals surface area contributed by atoms with Crippen LogP contribution in [-0.4, -0.2) is 63.9 Å². The minimum absolute atomic E-state index is 0.240. The summed E-state index contributed by atoms with van der Waals surface area (Å²) < 4.78 is 5.38. The van der Waals surface area contributed by atoms with Crippen molar-refractivity contribution in [3.8, 4) is 0 Å². The first-order chi connectivity index (χ1) is 15.8. The van der Waals surface area contributed by atoms with Crippen LogP contribution in [0.4, 0.5) is 11.4 Å². The number of hydrazine groups is 1. The van der Waals surface area contributed by atoms with Gasteiger partial charge in [0.15, 0.2) is 0 Å². The van der Waals surface area contributed by atoms with E-state index in [0.29, 0.717) is 6.42 Å². The Bertz CT molecular complexity index is 1190. The van der Waals surface area contributed by atoms with E-state index in [2.05, 4.69) is 20.0 Å². The van der Waals surface area contributed by atoms with Gasteiger partial charge in [-0.1, -0.05) is 0 Å². The first kappa shape index (κ1) is 21.7. The van der Waals surface area contributed by atoms with Crippen molar-refractivity contribution >= 4 is 37.9 Å². The van der Waals surface area contributed by atoms with Gasteiger partial charge in [0.25, 0.3) is 0 Å². The molecule has 5 rings (SSSR count). The number of aromatic nitrogens is 2. The zero-order valence-corrected chi connectivity index (χ0v) is 20.7. The van der Waals surface area contributed by atoms with Gasteiger partial charge in [0.05, 0.1) is 0 Å². The first-order valence-corrected chi connectivity index (χ1v) is 12.4. The second-order valence-corrected chi connectivity index (χ2v) is 10.7. The molecule has 8 nitrogen and oxygen atoms in total. The molecule has 33 heavy (non-hydrogen) atoms. The standard InChI is InChI=1S/C24H26N6O2Se/c1-29(2)16-9-5-14(6-10-16)18-13-19-21(33-28-25-19)20(24(18)22(31)26-27-23(24)32)15-7-11-17(12-8-15)30(3)4/h5-12,18,20H,13H2,1-4H3,(H,26,31)(H,27,32). The Morgan fingerprint density at radius 3 is 1.88 bits per heavy atom. The van der Waals surface area contributed by atoms with Gasteiger partial charge in [0.1, 0.15) is 0 Å². The molecule has 3 aromatic rings. The van der Waals surface area contributed by atoms with E-state index in [1.54, 1.807) is 0 Å². The number of anilines is 2. The van der Waals surface area contributed by atoms with Gasteiger partial charge in [-0.15, -0.1) is 0 Å². The summed E-state index contributed by atoms with van der Waals surface area (Å²) in [5, 5.41) is 4.46. The van der Waals surface area contributed by atoms with Crippen molar-refractivity contribution in [2.24, 2.45) is 5.41 Å². The minimum atomic E-state index is -1.30. The molecule has 2 unspecified atom stereocenters. The molecule has 1 saturated heterocycles. The number of carbonyl (C=O) groups excluding carboxylic acids is 2. The molecule has 1 aliphatic heterocycles. The van der Waals surface area contributed by atoms with E-state index in [-0.39, 0.29) is 32.5 Å². The third-order valence-electron chi connectivity index (χ3n) is 6.85. The number of hydrogen-bond acceptors (Lipinski definition) is 6. The van der Waals surface area contributed by atoms with Crippen LogP contribution in [0.3, 0.4) is 0 Å². The van der Waals surface area contributed by atoms with Crippen molar-refractivity contribution in [3.05, 3.63) is 69.8 Å². The van der Waals surface area contributed by atoms with Gasteiger partial charge in [-0.25, -0.2) is 0 Å². The van der Waals surface area contributed by atoms with Crippen LogP contribution in [0.5, 0.6) is 0 Å². The van der Waals surface area contributed by atoms with Crippen LogP contribution < -0.4 is 20.7 Å². The third-order valence-corrected chi connectivity index (χ3v) is 8.59. The number of fused-ring (bicyclic) bond motifs is 1. The summed E-state index contributed by atoms with van der Waals surface area (Å²) in [4.78, 5) is 31.2. The zero-order chi connectivity index (χ0) is 23.3. The summed E-state index contributed by atoms with van der Waals surface area (Å²) >= 11 is -0.240. The quantitative estimate of drug-likeness (QED) is 0.407. The van der Waals surface area contributed by atoms with E-state index < -0.39 is 11.3 Å². The number of carbonyl (C=O) groups is 2. The molecular weight excluding hydrogens is 483 g/mol. The summed E-state index contributed by atoms with van der Waals surface area (Å²) in [7, 11) is 7.95. The number of rotatable bonds is 4. The Morgan fingerprint density at radius 2 is 1.36 bits per heavy atom. The molecule has 0 bridgehead atoms. The van der Waals surface area contributed by atoms with E-state index in [0.717, 1.165) is 32.6 Å².